The van der Waals surface area contributed by atoms with Crippen molar-refractivity contribution in [3.8, 4) is 0 Å². The Hall–Kier alpha value is -1.36. The maximum atomic E-state index is 12.6. The van der Waals surface area contributed by atoms with E-state index in [0.29, 0.717) is 0 Å². The van der Waals surface area contributed by atoms with Gasteiger partial charge in [-0.1, -0.05) is 24.3 Å². The van der Waals surface area contributed by atoms with Crippen molar-refractivity contribution in [1.29, 1.82) is 0 Å². The van der Waals surface area contributed by atoms with Crippen LogP contribution in [0.2, 0.25) is 0 Å². The van der Waals surface area contributed by atoms with Crippen LogP contribution in [-0.4, -0.2) is 24.0 Å². The second-order valence-corrected chi connectivity index (χ2v) is 8.12. The van der Waals surface area contributed by atoms with Crippen molar-refractivity contribution in [3.05, 3.63) is 70.1 Å². The molecule has 0 saturated carbocycles. The molecule has 24 heavy (non-hydrogen) atoms. The number of hydrogen-bond acceptors (Lipinski definition) is 4. The molecule has 0 bridgehead atoms. The molecule has 1 saturated heterocycles. The minimum absolute atomic E-state index is 0.155. The van der Waals surface area contributed by atoms with Gasteiger partial charge in [0.2, 0.25) is 0 Å². The molecule has 0 atom stereocenters. The number of thioether (sulfide) groups is 3. The van der Waals surface area contributed by atoms with E-state index < -0.39 is 0 Å². The summed E-state index contributed by atoms with van der Waals surface area (Å²) in [5.41, 5.74) is 3.04. The number of Topliss-reactive ketones (excluding diaryl/α,β-unsaturated/α-hetero) is 1. The number of benzene rings is 2. The zero-order valence-corrected chi connectivity index (χ0v) is 16.1. The van der Waals surface area contributed by atoms with Gasteiger partial charge in [-0.05, 0) is 60.1 Å². The standard InChI is InChI=1S/C20H18OS3/c1-22-17-7-3-14(4-8-17)11-16-13-24-19(20(16)21)12-15-5-9-18(23-2)10-6-15/h3-12H,13H2,1-2H3. The summed E-state index contributed by atoms with van der Waals surface area (Å²) in [5, 5.41) is 0. The highest BCUT2D eigenvalue weighted by Crippen LogP contribution is 2.34. The van der Waals surface area contributed by atoms with Crippen molar-refractivity contribution in [1.82, 2.24) is 0 Å². The van der Waals surface area contributed by atoms with Crippen molar-refractivity contribution in [2.75, 3.05) is 18.3 Å². The van der Waals surface area contributed by atoms with Gasteiger partial charge < -0.3 is 0 Å². The predicted molar refractivity (Wildman–Crippen MR) is 110 cm³/mol. The van der Waals surface area contributed by atoms with Crippen LogP contribution in [0, 0.1) is 0 Å². The summed E-state index contributed by atoms with van der Waals surface area (Å²) >= 11 is 5.07. The van der Waals surface area contributed by atoms with Crippen LogP contribution in [0.25, 0.3) is 12.2 Å². The Bertz CT molecular complexity index is 719. The van der Waals surface area contributed by atoms with E-state index >= 15 is 0 Å². The second kappa shape index (κ2) is 8.15. The maximum Gasteiger partial charge on any atom is 0.196 e. The van der Waals surface area contributed by atoms with Gasteiger partial charge >= 0.3 is 0 Å². The van der Waals surface area contributed by atoms with Gasteiger partial charge in [0.25, 0.3) is 0 Å². The molecule has 1 heterocycles. The topological polar surface area (TPSA) is 17.1 Å². The molecule has 1 nitrogen and oxygen atoms in total. The number of ketones is 1. The van der Waals surface area contributed by atoms with E-state index in [1.54, 1.807) is 35.3 Å². The van der Waals surface area contributed by atoms with Gasteiger partial charge in [-0.25, -0.2) is 0 Å². The van der Waals surface area contributed by atoms with E-state index in [9.17, 15) is 4.79 Å². The number of rotatable bonds is 4. The lowest BCUT2D eigenvalue weighted by molar-refractivity contribution is -0.111. The van der Waals surface area contributed by atoms with Gasteiger partial charge in [0.1, 0.15) is 0 Å². The normalized spacial score (nSPS) is 17.8. The highest BCUT2D eigenvalue weighted by Gasteiger charge is 2.23. The molecule has 0 radical (unpaired) electrons. The Morgan fingerprint density at radius 2 is 1.33 bits per heavy atom. The third-order valence-corrected chi connectivity index (χ3v) is 6.33. The summed E-state index contributed by atoms with van der Waals surface area (Å²) in [4.78, 5) is 15.9. The Labute approximate surface area is 156 Å². The summed E-state index contributed by atoms with van der Waals surface area (Å²) in [5.74, 6) is 0.903. The lowest BCUT2D eigenvalue weighted by Crippen LogP contribution is -1.96. The Kier molecular flexibility index (Phi) is 5.93. The summed E-state index contributed by atoms with van der Waals surface area (Å²) in [6.07, 6.45) is 8.13. The SMILES string of the molecule is CSc1ccc(C=C2CSC(=Cc3ccc(SC)cc3)C2=O)cc1. The minimum atomic E-state index is 0.155. The van der Waals surface area contributed by atoms with E-state index in [0.717, 1.165) is 27.4 Å². The smallest absolute Gasteiger partial charge is 0.196 e. The predicted octanol–water partition coefficient (Wildman–Crippen LogP) is 5.87. The molecular formula is C20H18OS3. The summed E-state index contributed by atoms with van der Waals surface area (Å²) in [6, 6.07) is 16.6. The molecule has 2 aromatic carbocycles. The van der Waals surface area contributed by atoms with Crippen molar-refractivity contribution < 1.29 is 4.79 Å². The molecule has 3 rings (SSSR count). The molecule has 1 aliphatic heterocycles. The van der Waals surface area contributed by atoms with Gasteiger partial charge in [0.15, 0.2) is 5.78 Å². The lowest BCUT2D eigenvalue weighted by atomic mass is 10.1. The summed E-state index contributed by atoms with van der Waals surface area (Å²) in [6.45, 7) is 0. The second-order valence-electron chi connectivity index (χ2n) is 5.34. The van der Waals surface area contributed by atoms with Gasteiger partial charge in [0.05, 0.1) is 4.91 Å². The van der Waals surface area contributed by atoms with Crippen LogP contribution in [0.3, 0.4) is 0 Å². The highest BCUT2D eigenvalue weighted by molar-refractivity contribution is 8.05. The molecule has 4 heteroatoms. The summed E-state index contributed by atoms with van der Waals surface area (Å²) in [7, 11) is 0. The first-order valence-corrected chi connectivity index (χ1v) is 11.0. The monoisotopic (exact) mass is 370 g/mol. The molecule has 0 aliphatic carbocycles. The number of allylic oxidation sites excluding steroid dienone is 1. The number of carbonyl (C=O) groups is 1. The first-order chi connectivity index (χ1) is 11.7. The van der Waals surface area contributed by atoms with E-state index in [4.69, 9.17) is 0 Å². The molecule has 122 valence electrons. The fourth-order valence-corrected chi connectivity index (χ4v) is 4.24. The molecule has 0 aromatic heterocycles. The molecule has 0 N–H and O–H groups in total. The van der Waals surface area contributed by atoms with Crippen LogP contribution < -0.4 is 0 Å². The van der Waals surface area contributed by atoms with Crippen molar-refractivity contribution in [2.24, 2.45) is 0 Å². The molecule has 1 aliphatic rings. The Morgan fingerprint density at radius 3 is 1.83 bits per heavy atom. The largest absolute Gasteiger partial charge is 0.288 e. The number of hydrogen-bond donors (Lipinski definition) is 0. The van der Waals surface area contributed by atoms with E-state index in [1.807, 2.05) is 12.2 Å². The minimum Gasteiger partial charge on any atom is -0.288 e. The molecule has 0 amide bonds. The van der Waals surface area contributed by atoms with Crippen LogP contribution in [0.4, 0.5) is 0 Å². The fraction of sp³-hybridized carbons (Fsp3) is 0.150. The van der Waals surface area contributed by atoms with Crippen molar-refractivity contribution in [2.45, 2.75) is 9.79 Å². The van der Waals surface area contributed by atoms with Gasteiger partial charge in [-0.15, -0.1) is 35.3 Å². The van der Waals surface area contributed by atoms with Crippen LogP contribution in [-0.2, 0) is 4.79 Å². The van der Waals surface area contributed by atoms with Gasteiger partial charge in [-0.2, -0.15) is 0 Å². The fourth-order valence-electron chi connectivity index (χ4n) is 2.41. The summed E-state index contributed by atoms with van der Waals surface area (Å²) < 4.78 is 0. The Morgan fingerprint density at radius 1 is 0.833 bits per heavy atom. The third kappa shape index (κ3) is 4.18. The van der Waals surface area contributed by atoms with Crippen LogP contribution in [0.1, 0.15) is 11.1 Å². The average Bonchev–Trinajstić information content (AvgIpc) is 2.96. The molecule has 0 unspecified atom stereocenters. The average molecular weight is 371 g/mol. The Balaban J connectivity index is 1.78. The third-order valence-electron chi connectivity index (χ3n) is 3.77. The van der Waals surface area contributed by atoms with E-state index in [2.05, 4.69) is 61.0 Å². The van der Waals surface area contributed by atoms with Crippen molar-refractivity contribution >= 4 is 53.2 Å². The highest BCUT2D eigenvalue weighted by atomic mass is 32.2. The molecule has 1 fully saturated rings. The van der Waals surface area contributed by atoms with E-state index in [1.165, 1.54) is 9.79 Å². The quantitative estimate of drug-likeness (QED) is 0.494. The maximum absolute atomic E-state index is 12.6. The lowest BCUT2D eigenvalue weighted by Gasteiger charge is -1.99. The zero-order valence-electron chi connectivity index (χ0n) is 13.6. The van der Waals surface area contributed by atoms with Crippen molar-refractivity contribution in [3.63, 3.8) is 0 Å². The molecule has 0 spiro atoms. The van der Waals surface area contributed by atoms with E-state index in [-0.39, 0.29) is 5.78 Å². The first-order valence-electron chi connectivity index (χ1n) is 7.57. The molecule has 2 aromatic rings. The first kappa shape index (κ1) is 17.5. The molecular weight excluding hydrogens is 352 g/mol. The van der Waals surface area contributed by atoms with Gasteiger partial charge in [0, 0.05) is 21.1 Å². The zero-order chi connectivity index (χ0) is 16.9. The number of carbonyl (C=O) groups excluding carboxylic acids is 1. The van der Waals surface area contributed by atoms with Crippen LogP contribution >= 0.6 is 35.3 Å². The van der Waals surface area contributed by atoms with Gasteiger partial charge in [-0.3, -0.25) is 4.79 Å². The van der Waals surface area contributed by atoms with Crippen LogP contribution in [0.15, 0.2) is 68.8 Å². The van der Waals surface area contributed by atoms with Crippen LogP contribution in [0.5, 0.6) is 0 Å².